The van der Waals surface area contributed by atoms with Crippen LogP contribution < -0.4 is 21.3 Å². The van der Waals surface area contributed by atoms with Crippen molar-refractivity contribution in [2.45, 2.75) is 135 Å². The first-order valence-corrected chi connectivity index (χ1v) is 18.2. The van der Waals surface area contributed by atoms with Crippen LogP contribution >= 0.6 is 0 Å². The molecule has 5 amide bonds. The number of nitrogens with one attached hydrogen (secondary N) is 4. The third-order valence-electron chi connectivity index (χ3n) is 10.7. The smallest absolute Gasteiger partial charge is 0.289 e. The molecule has 3 saturated carbocycles. The van der Waals surface area contributed by atoms with Gasteiger partial charge in [0.05, 0.1) is 12.2 Å². The van der Waals surface area contributed by atoms with Crippen molar-refractivity contribution in [3.05, 3.63) is 24.3 Å². The van der Waals surface area contributed by atoms with Crippen LogP contribution in [0, 0.1) is 23.2 Å². The minimum atomic E-state index is -0.994. The number of amides is 5. The standard InChI is InChI=1S/C36H53N7O6/c1-5-10-25(29(44)34(48)39-23-15-16-23)40-33(47)28-24-14-9-13-22(24)20-43(28)35(49)30(36(2,3)4)42-32(46)27(21-11-7-6-8-12-21)41-31(45)26-19-37-17-18-38-26/h17-19,21-25,27-28,30H,5-16,20H2,1-4H3,(H,39,48)(H,40,47)(H,41,45)(H,42,46)/t22?,24-,25-,27+,28-,30-/m0/s1. The number of hydrogen-bond donors (Lipinski definition) is 4. The lowest BCUT2D eigenvalue weighted by Gasteiger charge is -2.38. The number of carbonyl (C=O) groups is 6. The van der Waals surface area contributed by atoms with Crippen LogP contribution in [0.25, 0.3) is 0 Å². The summed E-state index contributed by atoms with van der Waals surface area (Å²) in [6.45, 7) is 7.85. The first-order valence-electron chi connectivity index (χ1n) is 18.2. The van der Waals surface area contributed by atoms with Crippen LogP contribution in [0.1, 0.15) is 115 Å². The molecule has 49 heavy (non-hydrogen) atoms. The zero-order chi connectivity index (χ0) is 35.3. The van der Waals surface area contributed by atoms with Gasteiger partial charge >= 0.3 is 0 Å². The maximum atomic E-state index is 14.6. The van der Waals surface area contributed by atoms with Gasteiger partial charge in [-0.05, 0) is 68.1 Å². The van der Waals surface area contributed by atoms with Gasteiger partial charge in [-0.1, -0.05) is 59.8 Å². The highest BCUT2D eigenvalue weighted by Gasteiger charge is 2.52. The molecule has 4 N–H and O–H groups in total. The van der Waals surface area contributed by atoms with Gasteiger partial charge in [0.1, 0.15) is 23.8 Å². The average molecular weight is 680 g/mol. The normalized spacial score (nSPS) is 24.2. The third-order valence-corrected chi connectivity index (χ3v) is 10.7. The number of Topliss-reactive ketones (excluding diaryl/α,β-unsaturated/α-hetero) is 1. The Bertz CT molecular complexity index is 1390. The van der Waals surface area contributed by atoms with Crippen molar-refractivity contribution in [1.29, 1.82) is 0 Å². The predicted octanol–water partition coefficient (Wildman–Crippen LogP) is 2.45. The fraction of sp³-hybridized carbons (Fsp3) is 0.722. The van der Waals surface area contributed by atoms with Crippen molar-refractivity contribution >= 4 is 35.3 Å². The quantitative estimate of drug-likeness (QED) is 0.230. The molecule has 0 aromatic carbocycles. The van der Waals surface area contributed by atoms with E-state index in [1.165, 1.54) is 18.6 Å². The highest BCUT2D eigenvalue weighted by atomic mass is 16.2. The van der Waals surface area contributed by atoms with Crippen molar-refractivity contribution < 1.29 is 28.8 Å². The zero-order valence-electron chi connectivity index (χ0n) is 29.3. The summed E-state index contributed by atoms with van der Waals surface area (Å²) in [7, 11) is 0. The van der Waals surface area contributed by atoms with Gasteiger partial charge in [0.15, 0.2) is 0 Å². The Labute approximate surface area is 288 Å². The number of ketones is 1. The molecule has 4 fully saturated rings. The summed E-state index contributed by atoms with van der Waals surface area (Å²) >= 11 is 0. The van der Waals surface area contributed by atoms with E-state index in [4.69, 9.17) is 0 Å². The van der Waals surface area contributed by atoms with E-state index in [9.17, 15) is 28.8 Å². The van der Waals surface area contributed by atoms with Crippen LogP contribution in [0.3, 0.4) is 0 Å². The molecular weight excluding hydrogens is 626 g/mol. The van der Waals surface area contributed by atoms with E-state index in [0.717, 1.165) is 64.2 Å². The van der Waals surface area contributed by atoms with Crippen LogP contribution in [0.2, 0.25) is 0 Å². The van der Waals surface area contributed by atoms with E-state index in [2.05, 4.69) is 31.2 Å². The first-order chi connectivity index (χ1) is 23.4. The van der Waals surface area contributed by atoms with Gasteiger partial charge in [-0.2, -0.15) is 0 Å². The lowest BCUT2D eigenvalue weighted by molar-refractivity contribution is -0.146. The highest BCUT2D eigenvalue weighted by Crippen LogP contribution is 2.43. The van der Waals surface area contributed by atoms with E-state index >= 15 is 0 Å². The van der Waals surface area contributed by atoms with Crippen molar-refractivity contribution in [1.82, 2.24) is 36.1 Å². The molecule has 2 heterocycles. The number of likely N-dealkylation sites (tertiary alicyclic amines) is 1. The molecule has 0 bridgehead atoms. The molecule has 1 unspecified atom stereocenters. The second-order valence-electron chi connectivity index (χ2n) is 15.5. The number of aromatic nitrogens is 2. The first kappa shape index (κ1) is 36.4. The van der Waals surface area contributed by atoms with E-state index in [1.807, 2.05) is 27.7 Å². The molecular formula is C36H53N7O6. The van der Waals surface area contributed by atoms with Crippen LogP contribution in [0.15, 0.2) is 18.6 Å². The largest absolute Gasteiger partial charge is 0.347 e. The van der Waals surface area contributed by atoms with Gasteiger partial charge in [-0.25, -0.2) is 4.98 Å². The Hall–Kier alpha value is -3.90. The Morgan fingerprint density at radius 2 is 1.63 bits per heavy atom. The van der Waals surface area contributed by atoms with Crippen LogP contribution in [-0.4, -0.2) is 86.9 Å². The predicted molar refractivity (Wildman–Crippen MR) is 181 cm³/mol. The molecule has 1 saturated heterocycles. The number of fused-ring (bicyclic) bond motifs is 1. The molecule has 3 aliphatic carbocycles. The Morgan fingerprint density at radius 3 is 2.27 bits per heavy atom. The molecule has 0 radical (unpaired) electrons. The lowest BCUT2D eigenvalue weighted by Crippen LogP contribution is -2.62. The van der Waals surface area contributed by atoms with Gasteiger partial charge in [-0.15, -0.1) is 0 Å². The SMILES string of the molecule is CCC[C@H](NC(=O)[C@@H]1[C@H]2CCCC2CN1C(=O)[C@H](NC(=O)[C@H](NC(=O)c1cnccn1)C1CCCCC1)C(C)(C)C)C(=O)C(=O)NC1CC1. The zero-order valence-corrected chi connectivity index (χ0v) is 29.3. The van der Waals surface area contributed by atoms with Crippen molar-refractivity contribution in [2.24, 2.45) is 23.2 Å². The van der Waals surface area contributed by atoms with Gasteiger partial charge < -0.3 is 26.2 Å². The summed E-state index contributed by atoms with van der Waals surface area (Å²) in [5.41, 5.74) is -0.638. The second kappa shape index (κ2) is 15.8. The molecule has 0 spiro atoms. The summed E-state index contributed by atoms with van der Waals surface area (Å²) in [5.74, 6) is -3.20. The fourth-order valence-electron chi connectivity index (χ4n) is 7.87. The van der Waals surface area contributed by atoms with E-state index in [-0.39, 0.29) is 35.4 Å². The molecule has 5 rings (SSSR count). The van der Waals surface area contributed by atoms with Gasteiger partial charge in [0.2, 0.25) is 23.5 Å². The van der Waals surface area contributed by atoms with Crippen LogP contribution in [-0.2, 0) is 24.0 Å². The van der Waals surface area contributed by atoms with Crippen molar-refractivity contribution in [2.75, 3.05) is 6.54 Å². The summed E-state index contributed by atoms with van der Waals surface area (Å²) in [4.78, 5) is 91.4. The molecule has 1 aromatic rings. The number of hydrogen-bond acceptors (Lipinski definition) is 8. The van der Waals surface area contributed by atoms with Gasteiger partial charge in [-0.3, -0.25) is 33.8 Å². The molecule has 13 heteroatoms. The van der Waals surface area contributed by atoms with Crippen molar-refractivity contribution in [3.63, 3.8) is 0 Å². The summed E-state index contributed by atoms with van der Waals surface area (Å²) < 4.78 is 0. The molecule has 1 aromatic heterocycles. The molecule has 4 aliphatic rings. The molecule has 268 valence electrons. The summed E-state index contributed by atoms with van der Waals surface area (Å²) in [5, 5.41) is 11.5. The summed E-state index contributed by atoms with van der Waals surface area (Å²) in [6, 6.07) is -3.68. The monoisotopic (exact) mass is 679 g/mol. The minimum Gasteiger partial charge on any atom is -0.347 e. The summed E-state index contributed by atoms with van der Waals surface area (Å²) in [6.07, 6.45) is 13.9. The topological polar surface area (TPSA) is 180 Å². The van der Waals surface area contributed by atoms with E-state index < -0.39 is 59.0 Å². The Balaban J connectivity index is 1.36. The minimum absolute atomic E-state index is 0.0132. The maximum Gasteiger partial charge on any atom is 0.289 e. The number of rotatable bonds is 13. The second-order valence-corrected chi connectivity index (χ2v) is 15.5. The lowest BCUT2D eigenvalue weighted by atomic mass is 9.82. The molecule has 1 aliphatic heterocycles. The maximum absolute atomic E-state index is 14.6. The Kier molecular flexibility index (Phi) is 11.7. The van der Waals surface area contributed by atoms with Crippen LogP contribution in [0.5, 0.6) is 0 Å². The van der Waals surface area contributed by atoms with Crippen molar-refractivity contribution in [3.8, 4) is 0 Å². The van der Waals surface area contributed by atoms with Gasteiger partial charge in [0.25, 0.3) is 11.8 Å². The van der Waals surface area contributed by atoms with Gasteiger partial charge in [0, 0.05) is 25.0 Å². The molecule has 6 atom stereocenters. The highest BCUT2D eigenvalue weighted by molar-refractivity contribution is 6.38. The van der Waals surface area contributed by atoms with E-state index in [0.29, 0.717) is 19.4 Å². The number of nitrogens with zero attached hydrogens (tertiary/aromatic N) is 3. The molecule has 13 nitrogen and oxygen atoms in total. The van der Waals surface area contributed by atoms with E-state index in [1.54, 1.807) is 4.90 Å². The number of carbonyl (C=O) groups excluding carboxylic acids is 6. The third kappa shape index (κ3) is 8.83. The van der Waals surface area contributed by atoms with Crippen LogP contribution in [0.4, 0.5) is 0 Å². The Morgan fingerprint density at radius 1 is 0.898 bits per heavy atom. The fourth-order valence-corrected chi connectivity index (χ4v) is 7.87. The average Bonchev–Trinajstić information content (AvgIpc) is 3.65.